The van der Waals surface area contributed by atoms with Gasteiger partial charge in [-0.25, -0.2) is 4.79 Å². The SMILES string of the molecule is CC[C@H](C)c1ccccc1NC(=O)COC(=O)c1ccc(C)cc1. The quantitative estimate of drug-likeness (QED) is 0.805. The van der Waals surface area contributed by atoms with E-state index in [1.807, 2.05) is 43.3 Å². The number of benzene rings is 2. The highest BCUT2D eigenvalue weighted by molar-refractivity contribution is 5.96. The molecule has 0 aliphatic carbocycles. The first-order valence-electron chi connectivity index (χ1n) is 8.13. The zero-order chi connectivity index (χ0) is 17.5. The summed E-state index contributed by atoms with van der Waals surface area (Å²) in [5.74, 6) is -0.497. The molecule has 2 aromatic rings. The molecular weight excluding hydrogens is 302 g/mol. The van der Waals surface area contributed by atoms with Crippen molar-refractivity contribution < 1.29 is 14.3 Å². The fourth-order valence-corrected chi connectivity index (χ4v) is 2.35. The molecule has 0 saturated heterocycles. The number of ether oxygens (including phenoxy) is 1. The van der Waals surface area contributed by atoms with Crippen molar-refractivity contribution in [3.8, 4) is 0 Å². The van der Waals surface area contributed by atoms with Gasteiger partial charge >= 0.3 is 5.97 Å². The molecule has 0 aromatic heterocycles. The zero-order valence-electron chi connectivity index (χ0n) is 14.3. The molecule has 0 spiro atoms. The smallest absolute Gasteiger partial charge is 0.338 e. The second-order valence-corrected chi connectivity index (χ2v) is 5.89. The Labute approximate surface area is 142 Å². The summed E-state index contributed by atoms with van der Waals surface area (Å²) in [6.07, 6.45) is 0.981. The van der Waals surface area contributed by atoms with E-state index in [1.165, 1.54) is 0 Å². The summed E-state index contributed by atoms with van der Waals surface area (Å²) in [5.41, 5.74) is 3.35. The van der Waals surface area contributed by atoms with Crippen LogP contribution in [0.5, 0.6) is 0 Å². The van der Waals surface area contributed by atoms with Crippen LogP contribution >= 0.6 is 0 Å². The second-order valence-electron chi connectivity index (χ2n) is 5.89. The Morgan fingerprint density at radius 3 is 2.42 bits per heavy atom. The van der Waals surface area contributed by atoms with Crippen molar-refractivity contribution in [3.05, 3.63) is 65.2 Å². The van der Waals surface area contributed by atoms with Gasteiger partial charge in [0.15, 0.2) is 6.61 Å². The molecule has 0 radical (unpaired) electrons. The van der Waals surface area contributed by atoms with Crippen molar-refractivity contribution in [1.82, 2.24) is 0 Å². The molecule has 4 heteroatoms. The third-order valence-corrected chi connectivity index (χ3v) is 4.00. The Morgan fingerprint density at radius 2 is 1.75 bits per heavy atom. The number of hydrogen-bond donors (Lipinski definition) is 1. The van der Waals surface area contributed by atoms with Gasteiger partial charge in [-0.15, -0.1) is 0 Å². The van der Waals surface area contributed by atoms with Crippen molar-refractivity contribution in [3.63, 3.8) is 0 Å². The van der Waals surface area contributed by atoms with Crippen LogP contribution in [-0.4, -0.2) is 18.5 Å². The lowest BCUT2D eigenvalue weighted by atomic mass is 9.97. The Hall–Kier alpha value is -2.62. The number of anilines is 1. The normalized spacial score (nSPS) is 11.6. The number of para-hydroxylation sites is 1. The largest absolute Gasteiger partial charge is 0.452 e. The Morgan fingerprint density at radius 1 is 1.08 bits per heavy atom. The Kier molecular flexibility index (Phi) is 6.13. The van der Waals surface area contributed by atoms with Crippen molar-refractivity contribution in [2.24, 2.45) is 0 Å². The van der Waals surface area contributed by atoms with Crippen molar-refractivity contribution in [1.29, 1.82) is 0 Å². The van der Waals surface area contributed by atoms with Crippen molar-refractivity contribution >= 4 is 17.6 Å². The van der Waals surface area contributed by atoms with Gasteiger partial charge in [0.05, 0.1) is 5.56 Å². The van der Waals surface area contributed by atoms with Crippen molar-refractivity contribution in [2.45, 2.75) is 33.1 Å². The van der Waals surface area contributed by atoms with E-state index in [9.17, 15) is 9.59 Å². The summed E-state index contributed by atoms with van der Waals surface area (Å²) in [6.45, 7) is 5.86. The van der Waals surface area contributed by atoms with Crippen LogP contribution in [0.2, 0.25) is 0 Å². The van der Waals surface area contributed by atoms with E-state index in [0.717, 1.165) is 23.2 Å². The van der Waals surface area contributed by atoms with Gasteiger partial charge in [0.1, 0.15) is 0 Å². The minimum Gasteiger partial charge on any atom is -0.452 e. The topological polar surface area (TPSA) is 55.4 Å². The molecule has 2 rings (SSSR count). The second kappa shape index (κ2) is 8.29. The van der Waals surface area contributed by atoms with Crippen LogP contribution in [-0.2, 0) is 9.53 Å². The number of aryl methyl sites for hydroxylation is 1. The lowest BCUT2D eigenvalue weighted by Crippen LogP contribution is -2.21. The Bertz CT molecular complexity index is 707. The molecule has 0 aliphatic rings. The fourth-order valence-electron chi connectivity index (χ4n) is 2.35. The van der Waals surface area contributed by atoms with Gasteiger partial charge in [0.2, 0.25) is 0 Å². The molecule has 0 bridgehead atoms. The number of hydrogen-bond acceptors (Lipinski definition) is 3. The summed E-state index contributed by atoms with van der Waals surface area (Å²) < 4.78 is 5.08. The monoisotopic (exact) mass is 325 g/mol. The summed E-state index contributed by atoms with van der Waals surface area (Å²) in [5, 5.41) is 2.83. The average molecular weight is 325 g/mol. The molecule has 4 nitrogen and oxygen atoms in total. The van der Waals surface area contributed by atoms with Crippen LogP contribution in [0.3, 0.4) is 0 Å². The van der Waals surface area contributed by atoms with Crippen LogP contribution in [0.15, 0.2) is 48.5 Å². The van der Waals surface area contributed by atoms with E-state index < -0.39 is 5.97 Å². The fraction of sp³-hybridized carbons (Fsp3) is 0.300. The summed E-state index contributed by atoms with van der Waals surface area (Å²) in [4.78, 5) is 24.0. The summed E-state index contributed by atoms with van der Waals surface area (Å²) >= 11 is 0. The first-order valence-corrected chi connectivity index (χ1v) is 8.13. The molecular formula is C20H23NO3. The molecule has 126 valence electrons. The minimum atomic E-state index is -0.500. The average Bonchev–Trinajstić information content (AvgIpc) is 2.60. The van der Waals surface area contributed by atoms with Crippen LogP contribution in [0.4, 0.5) is 5.69 Å². The lowest BCUT2D eigenvalue weighted by molar-refractivity contribution is -0.119. The molecule has 1 amide bonds. The van der Waals surface area contributed by atoms with E-state index in [0.29, 0.717) is 11.5 Å². The van der Waals surface area contributed by atoms with Gasteiger partial charge in [-0.1, -0.05) is 49.7 Å². The van der Waals surface area contributed by atoms with Crippen LogP contribution < -0.4 is 5.32 Å². The standard InChI is InChI=1S/C20H23NO3/c1-4-15(3)17-7-5-6-8-18(17)21-19(22)13-24-20(23)16-11-9-14(2)10-12-16/h5-12,15H,4,13H2,1-3H3,(H,21,22)/t15-/m0/s1. The maximum atomic E-state index is 12.1. The van der Waals surface area contributed by atoms with Gasteiger partial charge < -0.3 is 10.1 Å². The maximum absolute atomic E-state index is 12.1. The van der Waals surface area contributed by atoms with E-state index in [-0.39, 0.29) is 12.5 Å². The van der Waals surface area contributed by atoms with Crippen LogP contribution in [0, 0.1) is 6.92 Å². The summed E-state index contributed by atoms with van der Waals surface area (Å²) in [6, 6.07) is 14.7. The minimum absolute atomic E-state index is 0.304. The number of rotatable bonds is 6. The molecule has 24 heavy (non-hydrogen) atoms. The van der Waals surface area contributed by atoms with E-state index >= 15 is 0 Å². The Balaban J connectivity index is 1.94. The van der Waals surface area contributed by atoms with E-state index in [4.69, 9.17) is 4.74 Å². The molecule has 1 N–H and O–H groups in total. The number of nitrogens with one attached hydrogen (secondary N) is 1. The predicted molar refractivity (Wildman–Crippen MR) is 95.2 cm³/mol. The number of carbonyl (C=O) groups is 2. The van der Waals surface area contributed by atoms with Gasteiger partial charge in [0.25, 0.3) is 5.91 Å². The highest BCUT2D eigenvalue weighted by Gasteiger charge is 2.13. The van der Waals surface area contributed by atoms with Crippen LogP contribution in [0.1, 0.15) is 47.7 Å². The van der Waals surface area contributed by atoms with Gasteiger partial charge in [-0.05, 0) is 43.0 Å². The molecule has 0 heterocycles. The first-order chi connectivity index (χ1) is 11.5. The molecule has 0 fully saturated rings. The van der Waals surface area contributed by atoms with Gasteiger partial charge in [-0.2, -0.15) is 0 Å². The zero-order valence-corrected chi connectivity index (χ0v) is 14.3. The first kappa shape index (κ1) is 17.7. The third kappa shape index (κ3) is 4.69. The van der Waals surface area contributed by atoms with E-state index in [1.54, 1.807) is 12.1 Å². The molecule has 0 aliphatic heterocycles. The number of amides is 1. The van der Waals surface area contributed by atoms with Gasteiger partial charge in [-0.3, -0.25) is 4.79 Å². The van der Waals surface area contributed by atoms with Gasteiger partial charge in [0, 0.05) is 5.69 Å². The predicted octanol–water partition coefficient (Wildman–Crippen LogP) is 4.30. The molecule has 2 aromatic carbocycles. The maximum Gasteiger partial charge on any atom is 0.338 e. The highest BCUT2D eigenvalue weighted by Crippen LogP contribution is 2.26. The lowest BCUT2D eigenvalue weighted by Gasteiger charge is -2.15. The molecule has 0 saturated carbocycles. The number of carbonyl (C=O) groups excluding carboxylic acids is 2. The highest BCUT2D eigenvalue weighted by atomic mass is 16.5. The van der Waals surface area contributed by atoms with Crippen LogP contribution in [0.25, 0.3) is 0 Å². The van der Waals surface area contributed by atoms with Crippen molar-refractivity contribution in [2.75, 3.05) is 11.9 Å². The van der Waals surface area contributed by atoms with E-state index in [2.05, 4.69) is 19.2 Å². The number of esters is 1. The molecule has 0 unspecified atom stereocenters. The molecule has 1 atom stereocenters. The summed E-state index contributed by atoms with van der Waals surface area (Å²) in [7, 11) is 0. The third-order valence-electron chi connectivity index (χ3n) is 4.00.